The Balaban J connectivity index is 1.22. The van der Waals surface area contributed by atoms with Gasteiger partial charge in [0.05, 0.1) is 24.6 Å². The molecule has 0 aliphatic carbocycles. The molecule has 0 bridgehead atoms. The minimum absolute atomic E-state index is 0.331. The van der Waals surface area contributed by atoms with Crippen molar-refractivity contribution in [2.75, 3.05) is 68.8 Å². The summed E-state index contributed by atoms with van der Waals surface area (Å²) in [5.74, 6) is 0.331. The molecule has 6 heteroatoms. The summed E-state index contributed by atoms with van der Waals surface area (Å²) in [6.45, 7) is 8.47. The molecule has 0 atom stereocenters. The molecular weight excluding hydrogens is 376 g/mol. The van der Waals surface area contributed by atoms with Gasteiger partial charge in [-0.2, -0.15) is 0 Å². The van der Waals surface area contributed by atoms with Crippen LogP contribution in [0.15, 0.2) is 48.7 Å². The topological polar surface area (TPSA) is 55.0 Å². The summed E-state index contributed by atoms with van der Waals surface area (Å²) in [5.41, 5.74) is 4.98. The number of phenolic OH excluding ortho intramolecular Hbond substituents is 1. The normalized spacial score (nSPS) is 18.3. The van der Waals surface area contributed by atoms with Gasteiger partial charge in [0.25, 0.3) is 0 Å². The fraction of sp³-hybridized carbons (Fsp3) is 0.417. The standard InChI is InChI=1S/C24H30N4O2/c29-20-5-6-23(24(17-20)28-13-15-30-16-14-28)27-11-9-26(10-12-27)8-7-19-18-25-22-4-2-1-3-21(19)22/h1-6,17-18,25,29H,7-16H2. The van der Waals surface area contributed by atoms with Crippen molar-refractivity contribution in [1.29, 1.82) is 0 Å². The van der Waals surface area contributed by atoms with Crippen molar-refractivity contribution in [3.8, 4) is 5.75 Å². The number of hydrogen-bond acceptors (Lipinski definition) is 5. The summed E-state index contributed by atoms with van der Waals surface area (Å²) in [5, 5.41) is 11.4. The highest BCUT2D eigenvalue weighted by Gasteiger charge is 2.23. The quantitative estimate of drug-likeness (QED) is 0.682. The predicted octanol–water partition coefficient (Wildman–Crippen LogP) is 3.07. The van der Waals surface area contributed by atoms with Crippen LogP contribution in [0.25, 0.3) is 10.9 Å². The van der Waals surface area contributed by atoms with Gasteiger partial charge in [0.2, 0.25) is 0 Å². The first-order valence-electron chi connectivity index (χ1n) is 11.0. The zero-order valence-corrected chi connectivity index (χ0v) is 17.4. The van der Waals surface area contributed by atoms with Crippen molar-refractivity contribution in [3.05, 3.63) is 54.2 Å². The lowest BCUT2D eigenvalue weighted by Gasteiger charge is -2.39. The second-order valence-corrected chi connectivity index (χ2v) is 8.21. The first-order chi connectivity index (χ1) is 14.8. The fourth-order valence-electron chi connectivity index (χ4n) is 4.67. The van der Waals surface area contributed by atoms with Gasteiger partial charge in [-0.1, -0.05) is 18.2 Å². The van der Waals surface area contributed by atoms with Gasteiger partial charge in [0, 0.05) is 69.0 Å². The maximum absolute atomic E-state index is 10.1. The van der Waals surface area contributed by atoms with E-state index in [1.54, 1.807) is 0 Å². The Labute approximate surface area is 177 Å². The number of para-hydroxylation sites is 1. The van der Waals surface area contributed by atoms with E-state index in [4.69, 9.17) is 4.74 Å². The number of aromatic hydroxyl groups is 1. The fourth-order valence-corrected chi connectivity index (χ4v) is 4.67. The van der Waals surface area contributed by atoms with Gasteiger partial charge in [0.15, 0.2) is 0 Å². The summed E-state index contributed by atoms with van der Waals surface area (Å²) < 4.78 is 5.51. The van der Waals surface area contributed by atoms with E-state index >= 15 is 0 Å². The second kappa shape index (κ2) is 8.58. The molecule has 3 aromatic rings. The number of morpholine rings is 1. The van der Waals surface area contributed by atoms with Gasteiger partial charge in [-0.15, -0.1) is 0 Å². The van der Waals surface area contributed by atoms with Crippen LogP contribution in [0.5, 0.6) is 5.75 Å². The maximum atomic E-state index is 10.1. The molecular formula is C24H30N4O2. The molecule has 2 N–H and O–H groups in total. The molecule has 2 saturated heterocycles. The third kappa shape index (κ3) is 3.98. The van der Waals surface area contributed by atoms with Crippen molar-refractivity contribution in [3.63, 3.8) is 0 Å². The molecule has 1 aromatic heterocycles. The summed E-state index contributed by atoms with van der Waals surface area (Å²) in [6, 6.07) is 14.3. The monoisotopic (exact) mass is 406 g/mol. The molecule has 2 aliphatic heterocycles. The molecule has 6 nitrogen and oxygen atoms in total. The Morgan fingerprint density at radius 3 is 2.47 bits per heavy atom. The van der Waals surface area contributed by atoms with E-state index in [9.17, 15) is 5.11 Å². The number of H-pyrrole nitrogens is 1. The van der Waals surface area contributed by atoms with E-state index in [0.29, 0.717) is 5.75 Å². The number of hydrogen-bond donors (Lipinski definition) is 2. The van der Waals surface area contributed by atoms with E-state index in [2.05, 4.69) is 56.2 Å². The van der Waals surface area contributed by atoms with Gasteiger partial charge in [-0.25, -0.2) is 0 Å². The number of aromatic amines is 1. The van der Waals surface area contributed by atoms with Crippen molar-refractivity contribution in [1.82, 2.24) is 9.88 Å². The van der Waals surface area contributed by atoms with Crippen LogP contribution in [-0.2, 0) is 11.2 Å². The SMILES string of the molecule is Oc1ccc(N2CCN(CCc3c[nH]c4ccccc34)CC2)c(N2CCOCC2)c1. The Morgan fingerprint density at radius 1 is 0.867 bits per heavy atom. The van der Waals surface area contributed by atoms with Crippen molar-refractivity contribution in [2.24, 2.45) is 0 Å². The summed E-state index contributed by atoms with van der Waals surface area (Å²) in [4.78, 5) is 10.7. The summed E-state index contributed by atoms with van der Waals surface area (Å²) >= 11 is 0. The van der Waals surface area contributed by atoms with Crippen molar-refractivity contribution >= 4 is 22.3 Å². The molecule has 2 aliphatic rings. The van der Waals surface area contributed by atoms with E-state index in [1.165, 1.54) is 22.2 Å². The third-order valence-electron chi connectivity index (χ3n) is 6.40. The van der Waals surface area contributed by atoms with Gasteiger partial charge in [-0.05, 0) is 30.2 Å². The van der Waals surface area contributed by atoms with E-state index in [0.717, 1.165) is 71.1 Å². The molecule has 5 rings (SSSR count). The number of anilines is 2. The summed E-state index contributed by atoms with van der Waals surface area (Å²) in [6.07, 6.45) is 3.23. The molecule has 2 aromatic carbocycles. The number of benzene rings is 2. The van der Waals surface area contributed by atoms with Crippen LogP contribution < -0.4 is 9.80 Å². The minimum Gasteiger partial charge on any atom is -0.508 e. The molecule has 0 radical (unpaired) electrons. The highest BCUT2D eigenvalue weighted by Crippen LogP contribution is 2.34. The summed E-state index contributed by atoms with van der Waals surface area (Å²) in [7, 11) is 0. The van der Waals surface area contributed by atoms with Crippen molar-refractivity contribution < 1.29 is 9.84 Å². The van der Waals surface area contributed by atoms with Crippen molar-refractivity contribution in [2.45, 2.75) is 6.42 Å². The van der Waals surface area contributed by atoms with Gasteiger partial charge >= 0.3 is 0 Å². The average molecular weight is 407 g/mol. The molecule has 158 valence electrons. The molecule has 30 heavy (non-hydrogen) atoms. The number of piperazine rings is 1. The minimum atomic E-state index is 0.331. The number of phenols is 1. The predicted molar refractivity (Wildman–Crippen MR) is 122 cm³/mol. The number of nitrogens with zero attached hydrogens (tertiary/aromatic N) is 3. The van der Waals surface area contributed by atoms with E-state index < -0.39 is 0 Å². The van der Waals surface area contributed by atoms with Gasteiger partial charge in [-0.3, -0.25) is 4.90 Å². The number of rotatable bonds is 5. The van der Waals surface area contributed by atoms with Crippen LogP contribution in [0.2, 0.25) is 0 Å². The molecule has 0 amide bonds. The second-order valence-electron chi connectivity index (χ2n) is 8.21. The molecule has 0 unspecified atom stereocenters. The largest absolute Gasteiger partial charge is 0.508 e. The van der Waals surface area contributed by atoms with E-state index in [-0.39, 0.29) is 0 Å². The van der Waals surface area contributed by atoms with E-state index in [1.807, 2.05) is 12.1 Å². The lowest BCUT2D eigenvalue weighted by atomic mass is 10.1. The third-order valence-corrected chi connectivity index (χ3v) is 6.40. The Morgan fingerprint density at radius 2 is 1.63 bits per heavy atom. The first kappa shape index (κ1) is 19.3. The maximum Gasteiger partial charge on any atom is 0.117 e. The molecule has 0 saturated carbocycles. The van der Waals surface area contributed by atoms with Crippen LogP contribution in [0.4, 0.5) is 11.4 Å². The van der Waals surface area contributed by atoms with Gasteiger partial charge in [0.1, 0.15) is 5.75 Å². The number of nitrogens with one attached hydrogen (secondary N) is 1. The molecule has 0 spiro atoms. The first-order valence-corrected chi connectivity index (χ1v) is 11.0. The zero-order chi connectivity index (χ0) is 20.3. The Bertz CT molecular complexity index is 988. The average Bonchev–Trinajstić information content (AvgIpc) is 3.22. The van der Waals surface area contributed by atoms with Crippen LogP contribution in [0.1, 0.15) is 5.56 Å². The number of ether oxygens (including phenoxy) is 1. The molecule has 2 fully saturated rings. The highest BCUT2D eigenvalue weighted by molar-refractivity contribution is 5.83. The highest BCUT2D eigenvalue weighted by atomic mass is 16.5. The van der Waals surface area contributed by atoms with Crippen LogP contribution >= 0.6 is 0 Å². The number of fused-ring (bicyclic) bond motifs is 1. The van der Waals surface area contributed by atoms with Crippen LogP contribution in [0.3, 0.4) is 0 Å². The van der Waals surface area contributed by atoms with Crippen LogP contribution in [-0.4, -0.2) is 74.0 Å². The molecule has 3 heterocycles. The van der Waals surface area contributed by atoms with Crippen LogP contribution in [0, 0.1) is 0 Å². The Hall–Kier alpha value is -2.70. The Kier molecular flexibility index (Phi) is 5.51. The number of aromatic nitrogens is 1. The van der Waals surface area contributed by atoms with Gasteiger partial charge < -0.3 is 24.6 Å². The lowest BCUT2D eigenvalue weighted by Crippen LogP contribution is -2.47. The smallest absolute Gasteiger partial charge is 0.117 e. The zero-order valence-electron chi connectivity index (χ0n) is 17.4. The lowest BCUT2D eigenvalue weighted by molar-refractivity contribution is 0.122.